The standard InChI is InChI=1S/C11H20ClNO2/c1-8(2)9(12)7-13-11(14)10-5-3-4-6-15-10/h8-10H,3-7H2,1-2H3,(H,13,14). The maximum absolute atomic E-state index is 11.6. The second-order valence-corrected chi connectivity index (χ2v) is 4.92. The minimum atomic E-state index is -0.255. The summed E-state index contributed by atoms with van der Waals surface area (Å²) in [5, 5.41) is 2.84. The van der Waals surface area contributed by atoms with Crippen molar-refractivity contribution >= 4 is 17.5 Å². The van der Waals surface area contributed by atoms with Crippen LogP contribution in [-0.4, -0.2) is 30.5 Å². The first-order chi connectivity index (χ1) is 7.11. The molecule has 0 aliphatic carbocycles. The van der Waals surface area contributed by atoms with Crippen molar-refractivity contribution in [2.45, 2.75) is 44.6 Å². The minimum absolute atomic E-state index is 0.00228. The van der Waals surface area contributed by atoms with Gasteiger partial charge in [-0.15, -0.1) is 11.6 Å². The summed E-state index contributed by atoms with van der Waals surface area (Å²) in [4.78, 5) is 11.6. The molecule has 1 fully saturated rings. The van der Waals surface area contributed by atoms with Gasteiger partial charge in [0.2, 0.25) is 5.91 Å². The van der Waals surface area contributed by atoms with Crippen LogP contribution in [0, 0.1) is 5.92 Å². The zero-order valence-electron chi connectivity index (χ0n) is 9.46. The molecule has 1 N–H and O–H groups in total. The van der Waals surface area contributed by atoms with Gasteiger partial charge in [-0.3, -0.25) is 4.79 Å². The lowest BCUT2D eigenvalue weighted by molar-refractivity contribution is -0.135. The molecule has 88 valence electrons. The Labute approximate surface area is 96.5 Å². The van der Waals surface area contributed by atoms with Crippen molar-refractivity contribution in [3.63, 3.8) is 0 Å². The van der Waals surface area contributed by atoms with Crippen molar-refractivity contribution in [1.29, 1.82) is 0 Å². The lowest BCUT2D eigenvalue weighted by Gasteiger charge is -2.22. The molecule has 3 nitrogen and oxygen atoms in total. The molecule has 0 aromatic rings. The van der Waals surface area contributed by atoms with Crippen LogP contribution in [0.1, 0.15) is 33.1 Å². The van der Waals surface area contributed by atoms with Crippen LogP contribution >= 0.6 is 11.6 Å². The van der Waals surface area contributed by atoms with Gasteiger partial charge < -0.3 is 10.1 Å². The van der Waals surface area contributed by atoms with E-state index >= 15 is 0 Å². The van der Waals surface area contributed by atoms with E-state index in [2.05, 4.69) is 5.32 Å². The number of nitrogens with one attached hydrogen (secondary N) is 1. The molecule has 0 aromatic carbocycles. The third-order valence-corrected chi connectivity index (χ3v) is 3.33. The van der Waals surface area contributed by atoms with E-state index in [1.54, 1.807) is 0 Å². The topological polar surface area (TPSA) is 38.3 Å². The molecule has 15 heavy (non-hydrogen) atoms. The first kappa shape index (κ1) is 12.8. The lowest BCUT2D eigenvalue weighted by Crippen LogP contribution is -2.41. The van der Waals surface area contributed by atoms with E-state index in [0.717, 1.165) is 19.3 Å². The van der Waals surface area contributed by atoms with Gasteiger partial charge >= 0.3 is 0 Å². The quantitative estimate of drug-likeness (QED) is 0.754. The van der Waals surface area contributed by atoms with Gasteiger partial charge in [0.05, 0.1) is 5.38 Å². The molecule has 1 rings (SSSR count). The Hall–Kier alpha value is -0.280. The van der Waals surface area contributed by atoms with Gasteiger partial charge in [-0.05, 0) is 25.2 Å². The molecule has 1 saturated heterocycles. The summed E-state index contributed by atoms with van der Waals surface area (Å²) in [6, 6.07) is 0. The Kier molecular flexibility index (Phi) is 5.40. The van der Waals surface area contributed by atoms with Gasteiger partial charge in [0.1, 0.15) is 6.10 Å². The van der Waals surface area contributed by atoms with E-state index in [1.807, 2.05) is 13.8 Å². The zero-order valence-corrected chi connectivity index (χ0v) is 10.2. The summed E-state index contributed by atoms with van der Waals surface area (Å²) in [7, 11) is 0. The number of rotatable bonds is 4. The molecule has 0 spiro atoms. The molecular weight excluding hydrogens is 214 g/mol. The van der Waals surface area contributed by atoms with Crippen molar-refractivity contribution in [1.82, 2.24) is 5.32 Å². The van der Waals surface area contributed by atoms with Crippen LogP contribution < -0.4 is 5.32 Å². The van der Waals surface area contributed by atoms with E-state index in [-0.39, 0.29) is 17.4 Å². The molecule has 4 heteroatoms. The van der Waals surface area contributed by atoms with E-state index in [9.17, 15) is 4.79 Å². The fourth-order valence-corrected chi connectivity index (χ4v) is 1.57. The van der Waals surface area contributed by atoms with Crippen molar-refractivity contribution in [2.24, 2.45) is 5.92 Å². The third kappa shape index (κ3) is 4.39. The monoisotopic (exact) mass is 233 g/mol. The maximum Gasteiger partial charge on any atom is 0.249 e. The summed E-state index contributed by atoms with van der Waals surface area (Å²) in [6.45, 7) is 5.31. The summed E-state index contributed by atoms with van der Waals surface area (Å²) in [5.41, 5.74) is 0. The minimum Gasteiger partial charge on any atom is -0.368 e. The van der Waals surface area contributed by atoms with Crippen molar-refractivity contribution in [3.05, 3.63) is 0 Å². The van der Waals surface area contributed by atoms with E-state index in [1.165, 1.54) is 0 Å². The molecular formula is C11H20ClNO2. The van der Waals surface area contributed by atoms with Gasteiger partial charge in [-0.2, -0.15) is 0 Å². The third-order valence-electron chi connectivity index (χ3n) is 2.67. The second kappa shape index (κ2) is 6.33. The normalized spacial score (nSPS) is 23.9. The Balaban J connectivity index is 2.22. The lowest BCUT2D eigenvalue weighted by atomic mass is 10.1. The molecule has 2 atom stereocenters. The number of carbonyl (C=O) groups is 1. The van der Waals surface area contributed by atoms with Crippen LogP contribution in [0.15, 0.2) is 0 Å². The van der Waals surface area contributed by atoms with Crippen molar-refractivity contribution in [2.75, 3.05) is 13.2 Å². The van der Waals surface area contributed by atoms with Gasteiger partial charge in [-0.1, -0.05) is 13.8 Å². The first-order valence-electron chi connectivity index (χ1n) is 5.64. The molecule has 0 bridgehead atoms. The predicted molar refractivity (Wildman–Crippen MR) is 61.1 cm³/mol. The average Bonchev–Trinajstić information content (AvgIpc) is 2.26. The van der Waals surface area contributed by atoms with E-state index < -0.39 is 0 Å². The Morgan fingerprint density at radius 1 is 1.53 bits per heavy atom. The van der Waals surface area contributed by atoms with Crippen LogP contribution in [0.25, 0.3) is 0 Å². The van der Waals surface area contributed by atoms with Crippen molar-refractivity contribution in [3.8, 4) is 0 Å². The number of hydrogen-bond donors (Lipinski definition) is 1. The summed E-state index contributed by atoms with van der Waals surface area (Å²) in [6.07, 6.45) is 2.72. The second-order valence-electron chi connectivity index (χ2n) is 4.36. The van der Waals surface area contributed by atoms with Crippen LogP contribution in [0.3, 0.4) is 0 Å². The fraction of sp³-hybridized carbons (Fsp3) is 0.909. The number of hydrogen-bond acceptors (Lipinski definition) is 2. The maximum atomic E-state index is 11.6. The van der Waals surface area contributed by atoms with E-state index in [0.29, 0.717) is 19.1 Å². The number of amides is 1. The summed E-state index contributed by atoms with van der Waals surface area (Å²) >= 11 is 6.04. The molecule has 1 amide bonds. The fourth-order valence-electron chi connectivity index (χ4n) is 1.50. The van der Waals surface area contributed by atoms with E-state index in [4.69, 9.17) is 16.3 Å². The molecule has 1 aliphatic rings. The molecule has 0 aromatic heterocycles. The largest absolute Gasteiger partial charge is 0.368 e. The molecule has 1 aliphatic heterocycles. The van der Waals surface area contributed by atoms with Gasteiger partial charge in [0.15, 0.2) is 0 Å². The zero-order chi connectivity index (χ0) is 11.3. The smallest absolute Gasteiger partial charge is 0.249 e. The Bertz CT molecular complexity index is 203. The molecule has 0 radical (unpaired) electrons. The average molecular weight is 234 g/mol. The Morgan fingerprint density at radius 3 is 2.80 bits per heavy atom. The van der Waals surface area contributed by atoms with Crippen LogP contribution in [0.5, 0.6) is 0 Å². The summed E-state index contributed by atoms with van der Waals surface area (Å²) in [5.74, 6) is 0.361. The highest BCUT2D eigenvalue weighted by Crippen LogP contribution is 2.13. The molecule has 1 heterocycles. The summed E-state index contributed by atoms with van der Waals surface area (Å²) < 4.78 is 5.38. The van der Waals surface area contributed by atoms with Crippen LogP contribution in [-0.2, 0) is 9.53 Å². The number of ether oxygens (including phenoxy) is 1. The number of carbonyl (C=O) groups excluding carboxylic acids is 1. The SMILES string of the molecule is CC(C)C(Cl)CNC(=O)C1CCCCO1. The predicted octanol–water partition coefficient (Wildman–Crippen LogP) is 1.94. The van der Waals surface area contributed by atoms with Crippen molar-refractivity contribution < 1.29 is 9.53 Å². The van der Waals surface area contributed by atoms with Gasteiger partial charge in [-0.25, -0.2) is 0 Å². The molecule has 0 saturated carbocycles. The Morgan fingerprint density at radius 2 is 2.27 bits per heavy atom. The van der Waals surface area contributed by atoms with Crippen LogP contribution in [0.4, 0.5) is 0 Å². The van der Waals surface area contributed by atoms with Gasteiger partial charge in [0.25, 0.3) is 0 Å². The highest BCUT2D eigenvalue weighted by Gasteiger charge is 2.22. The first-order valence-corrected chi connectivity index (χ1v) is 6.08. The van der Waals surface area contributed by atoms with Crippen LogP contribution in [0.2, 0.25) is 0 Å². The number of halogens is 1. The number of alkyl halides is 1. The highest BCUT2D eigenvalue weighted by molar-refractivity contribution is 6.21. The highest BCUT2D eigenvalue weighted by atomic mass is 35.5. The molecule has 2 unspecified atom stereocenters. The van der Waals surface area contributed by atoms with Gasteiger partial charge in [0, 0.05) is 13.2 Å².